The van der Waals surface area contributed by atoms with Crippen LogP contribution in [0.4, 0.5) is 0 Å². The molecule has 0 heterocycles. The molecule has 3 nitrogen and oxygen atoms in total. The summed E-state index contributed by atoms with van der Waals surface area (Å²) in [4.78, 5) is 0. The van der Waals surface area contributed by atoms with Crippen LogP contribution in [0.15, 0.2) is 30.3 Å². The number of nitrogens with one attached hydrogen (secondary N) is 1. The second kappa shape index (κ2) is 10.6. The van der Waals surface area contributed by atoms with Gasteiger partial charge in [-0.25, -0.2) is 0 Å². The van der Waals surface area contributed by atoms with E-state index in [2.05, 4.69) is 19.2 Å². The third-order valence-corrected chi connectivity index (χ3v) is 2.54. The second-order valence-electron chi connectivity index (χ2n) is 4.48. The highest BCUT2D eigenvalue weighted by Gasteiger charge is 2.14. The van der Waals surface area contributed by atoms with Crippen LogP contribution in [-0.2, 0) is 6.42 Å². The van der Waals surface area contributed by atoms with Crippen LogP contribution < -0.4 is 11.1 Å². The number of benzene rings is 1. The SMILES string of the molecule is CC(C)NC[C@@H](O)[C@@H](N)Cc1ccccc1.Cl.Cl. The minimum atomic E-state index is -0.498. The Labute approximate surface area is 122 Å². The summed E-state index contributed by atoms with van der Waals surface area (Å²) in [6, 6.07) is 10.2. The van der Waals surface area contributed by atoms with Crippen molar-refractivity contribution in [2.24, 2.45) is 5.73 Å². The number of aliphatic hydroxyl groups excluding tert-OH is 1. The van der Waals surface area contributed by atoms with E-state index in [1.54, 1.807) is 0 Å². The molecule has 1 aromatic rings. The average molecular weight is 295 g/mol. The zero-order valence-electron chi connectivity index (χ0n) is 10.9. The van der Waals surface area contributed by atoms with E-state index in [4.69, 9.17) is 5.73 Å². The fourth-order valence-electron chi connectivity index (χ4n) is 1.53. The molecule has 0 amide bonds. The molecule has 0 aliphatic rings. The van der Waals surface area contributed by atoms with Crippen LogP contribution in [-0.4, -0.2) is 29.8 Å². The zero-order chi connectivity index (χ0) is 12.0. The number of rotatable bonds is 6. The van der Waals surface area contributed by atoms with Crippen LogP contribution in [0.3, 0.4) is 0 Å². The van der Waals surface area contributed by atoms with Gasteiger partial charge >= 0.3 is 0 Å². The van der Waals surface area contributed by atoms with Crippen molar-refractivity contribution in [3.63, 3.8) is 0 Å². The van der Waals surface area contributed by atoms with Crippen LogP contribution in [0, 0.1) is 0 Å². The molecule has 1 rings (SSSR count). The molecule has 4 N–H and O–H groups in total. The standard InChI is InChI=1S/C13H22N2O.2ClH/c1-10(2)15-9-13(16)12(14)8-11-6-4-3-5-7-11;;/h3-7,10,12-13,15-16H,8-9,14H2,1-2H3;2*1H/t12-,13+;;/m0../s1. The zero-order valence-corrected chi connectivity index (χ0v) is 12.5. The van der Waals surface area contributed by atoms with E-state index in [1.807, 2.05) is 30.3 Å². The Hall–Kier alpha value is -0.320. The van der Waals surface area contributed by atoms with E-state index in [0.29, 0.717) is 19.0 Å². The Balaban J connectivity index is 0. The van der Waals surface area contributed by atoms with Gasteiger partial charge in [0.25, 0.3) is 0 Å². The molecule has 106 valence electrons. The lowest BCUT2D eigenvalue weighted by molar-refractivity contribution is 0.139. The van der Waals surface area contributed by atoms with Gasteiger partial charge in [-0.15, -0.1) is 24.8 Å². The first-order valence-electron chi connectivity index (χ1n) is 5.80. The van der Waals surface area contributed by atoms with Gasteiger partial charge in [0.2, 0.25) is 0 Å². The van der Waals surface area contributed by atoms with Crippen molar-refractivity contribution in [1.82, 2.24) is 5.32 Å². The van der Waals surface area contributed by atoms with Crippen molar-refractivity contribution in [2.45, 2.75) is 38.5 Å². The smallest absolute Gasteiger partial charge is 0.0818 e. The molecule has 0 saturated heterocycles. The molecule has 0 unspecified atom stereocenters. The Kier molecular flexibility index (Phi) is 11.8. The molecule has 0 bridgehead atoms. The van der Waals surface area contributed by atoms with E-state index in [1.165, 1.54) is 5.56 Å². The van der Waals surface area contributed by atoms with Gasteiger partial charge < -0.3 is 16.2 Å². The average Bonchev–Trinajstić information content (AvgIpc) is 2.27. The van der Waals surface area contributed by atoms with E-state index in [0.717, 1.165) is 0 Å². The Bertz CT molecular complexity index is 296. The third kappa shape index (κ3) is 7.90. The summed E-state index contributed by atoms with van der Waals surface area (Å²) in [7, 11) is 0. The minimum Gasteiger partial charge on any atom is -0.390 e. The molecule has 2 atom stereocenters. The monoisotopic (exact) mass is 294 g/mol. The fraction of sp³-hybridized carbons (Fsp3) is 0.538. The molecule has 0 aliphatic carbocycles. The van der Waals surface area contributed by atoms with Gasteiger partial charge in [0, 0.05) is 18.6 Å². The van der Waals surface area contributed by atoms with Crippen molar-refractivity contribution in [1.29, 1.82) is 0 Å². The van der Waals surface area contributed by atoms with E-state index in [-0.39, 0.29) is 30.9 Å². The lowest BCUT2D eigenvalue weighted by atomic mass is 10.0. The second-order valence-corrected chi connectivity index (χ2v) is 4.48. The van der Waals surface area contributed by atoms with Gasteiger partial charge in [0.05, 0.1) is 6.10 Å². The Morgan fingerprint density at radius 2 is 1.72 bits per heavy atom. The first-order chi connectivity index (χ1) is 7.59. The first-order valence-corrected chi connectivity index (χ1v) is 5.80. The lowest BCUT2D eigenvalue weighted by Gasteiger charge is -2.20. The van der Waals surface area contributed by atoms with Crippen LogP contribution in [0.5, 0.6) is 0 Å². The molecule has 5 heteroatoms. The molecule has 0 fully saturated rings. The quantitative estimate of drug-likeness (QED) is 0.749. The van der Waals surface area contributed by atoms with Gasteiger partial charge in [-0.3, -0.25) is 0 Å². The summed E-state index contributed by atoms with van der Waals surface area (Å²) in [5, 5.41) is 13.0. The Morgan fingerprint density at radius 3 is 2.22 bits per heavy atom. The van der Waals surface area contributed by atoms with Crippen molar-refractivity contribution in [3.8, 4) is 0 Å². The van der Waals surface area contributed by atoms with Crippen molar-refractivity contribution in [2.75, 3.05) is 6.54 Å². The van der Waals surface area contributed by atoms with Crippen LogP contribution in [0.2, 0.25) is 0 Å². The topological polar surface area (TPSA) is 58.3 Å². The number of aliphatic hydroxyl groups is 1. The maximum Gasteiger partial charge on any atom is 0.0818 e. The lowest BCUT2D eigenvalue weighted by Crippen LogP contribution is -2.44. The first kappa shape index (κ1) is 20.0. The van der Waals surface area contributed by atoms with E-state index in [9.17, 15) is 5.11 Å². The summed E-state index contributed by atoms with van der Waals surface area (Å²) in [6.45, 7) is 4.65. The summed E-state index contributed by atoms with van der Waals surface area (Å²) in [6.07, 6.45) is 0.213. The molecule has 18 heavy (non-hydrogen) atoms. The molecule has 0 saturated carbocycles. The minimum absolute atomic E-state index is 0. The predicted octanol–water partition coefficient (Wildman–Crippen LogP) is 1.76. The number of hydrogen-bond acceptors (Lipinski definition) is 3. The van der Waals surface area contributed by atoms with Gasteiger partial charge in [0.15, 0.2) is 0 Å². The highest BCUT2D eigenvalue weighted by Crippen LogP contribution is 2.04. The van der Waals surface area contributed by atoms with Crippen molar-refractivity contribution in [3.05, 3.63) is 35.9 Å². The van der Waals surface area contributed by atoms with Gasteiger partial charge in [-0.1, -0.05) is 44.2 Å². The molecule has 0 aromatic heterocycles. The fourth-order valence-corrected chi connectivity index (χ4v) is 1.53. The van der Waals surface area contributed by atoms with Crippen LogP contribution >= 0.6 is 24.8 Å². The molecule has 0 spiro atoms. The molecular formula is C13H24Cl2N2O. The van der Waals surface area contributed by atoms with E-state index < -0.39 is 6.10 Å². The van der Waals surface area contributed by atoms with Crippen LogP contribution in [0.25, 0.3) is 0 Å². The summed E-state index contributed by atoms with van der Waals surface area (Å²) >= 11 is 0. The highest BCUT2D eigenvalue weighted by molar-refractivity contribution is 5.85. The normalized spacial score (nSPS) is 13.4. The maximum absolute atomic E-state index is 9.84. The van der Waals surface area contributed by atoms with Crippen molar-refractivity contribution >= 4 is 24.8 Å². The molecular weight excluding hydrogens is 271 g/mol. The van der Waals surface area contributed by atoms with Crippen molar-refractivity contribution < 1.29 is 5.11 Å². The summed E-state index contributed by atoms with van der Waals surface area (Å²) in [5.41, 5.74) is 7.11. The Morgan fingerprint density at radius 1 is 1.17 bits per heavy atom. The van der Waals surface area contributed by atoms with E-state index >= 15 is 0 Å². The molecule has 0 radical (unpaired) electrons. The van der Waals surface area contributed by atoms with Crippen LogP contribution in [0.1, 0.15) is 19.4 Å². The largest absolute Gasteiger partial charge is 0.390 e. The predicted molar refractivity (Wildman–Crippen MR) is 81.8 cm³/mol. The highest BCUT2D eigenvalue weighted by atomic mass is 35.5. The number of nitrogens with two attached hydrogens (primary N) is 1. The number of halogens is 2. The maximum atomic E-state index is 9.84. The van der Waals surface area contributed by atoms with Gasteiger partial charge in [-0.2, -0.15) is 0 Å². The summed E-state index contributed by atoms with van der Waals surface area (Å²) < 4.78 is 0. The third-order valence-electron chi connectivity index (χ3n) is 2.54. The summed E-state index contributed by atoms with van der Waals surface area (Å²) in [5.74, 6) is 0. The van der Waals surface area contributed by atoms with Gasteiger partial charge in [0.1, 0.15) is 0 Å². The molecule has 0 aliphatic heterocycles. The molecule has 1 aromatic carbocycles. The van der Waals surface area contributed by atoms with Gasteiger partial charge in [-0.05, 0) is 12.0 Å². The number of hydrogen-bond donors (Lipinski definition) is 3.